The van der Waals surface area contributed by atoms with E-state index in [4.69, 9.17) is 5.11 Å². The van der Waals surface area contributed by atoms with Crippen LogP contribution in [0.2, 0.25) is 0 Å². The largest absolute Gasteiger partial charge is 0.456 e. The van der Waals surface area contributed by atoms with Crippen molar-refractivity contribution in [1.82, 2.24) is 0 Å². The van der Waals surface area contributed by atoms with Crippen LogP contribution in [-0.2, 0) is 14.3 Å². The van der Waals surface area contributed by atoms with Gasteiger partial charge in [0.05, 0.1) is 0 Å². The first kappa shape index (κ1) is 11.1. The van der Waals surface area contributed by atoms with E-state index >= 15 is 0 Å². The Morgan fingerprint density at radius 3 is 2.64 bits per heavy atom. The number of hydrogen-bond donors (Lipinski definition) is 3. The molecule has 6 nitrogen and oxygen atoms in total. The summed E-state index contributed by atoms with van der Waals surface area (Å²) in [4.78, 5) is 22.2. The molecule has 1 heterocycles. The smallest absolute Gasteiger partial charge is 0.350 e. The highest BCUT2D eigenvalue weighted by Gasteiger charge is 2.61. The van der Waals surface area contributed by atoms with Crippen LogP contribution in [0.25, 0.3) is 0 Å². The zero-order valence-electron chi connectivity index (χ0n) is 7.64. The molecule has 0 bridgehead atoms. The molecule has 3 atom stereocenters. The van der Waals surface area contributed by atoms with Crippen molar-refractivity contribution in [1.29, 1.82) is 0 Å². The minimum absolute atomic E-state index is 0.207. The zero-order valence-corrected chi connectivity index (χ0v) is 7.64. The molecule has 1 fully saturated rings. The van der Waals surface area contributed by atoms with Gasteiger partial charge in [-0.15, -0.1) is 0 Å². The maximum Gasteiger partial charge on any atom is 0.350 e. The minimum atomic E-state index is -2.24. The van der Waals surface area contributed by atoms with Crippen LogP contribution >= 0.6 is 0 Å². The monoisotopic (exact) mass is 204 g/mol. The van der Waals surface area contributed by atoms with Crippen LogP contribution in [0.1, 0.15) is 13.3 Å². The molecule has 3 unspecified atom stereocenters. The fourth-order valence-corrected chi connectivity index (χ4v) is 1.25. The molecule has 1 rings (SSSR count). The van der Waals surface area contributed by atoms with E-state index in [-0.39, 0.29) is 6.42 Å². The number of aliphatic hydroxyl groups excluding tert-OH is 2. The Bertz CT molecular complexity index is 263. The minimum Gasteiger partial charge on any atom is -0.456 e. The maximum absolute atomic E-state index is 11.3. The predicted octanol–water partition coefficient (Wildman–Crippen LogP) is -2.02. The Balaban J connectivity index is 2.73. The number of Topliss-reactive ketones (excluding diaryl/α,β-unsaturated/α-hetero) is 1. The molecule has 1 saturated heterocycles. The molecule has 0 radical (unpaired) electrons. The zero-order chi connectivity index (χ0) is 10.9. The number of hydrogen-bond acceptors (Lipinski definition) is 6. The summed E-state index contributed by atoms with van der Waals surface area (Å²) in [6.45, 7) is 0.956. The number of ether oxygens (including phenoxy) is 1. The molecule has 0 aromatic carbocycles. The second-order valence-electron chi connectivity index (χ2n) is 3.21. The summed E-state index contributed by atoms with van der Waals surface area (Å²) in [7, 11) is 0. The second kappa shape index (κ2) is 3.64. The van der Waals surface area contributed by atoms with Crippen LogP contribution in [-0.4, -0.2) is 51.5 Å². The van der Waals surface area contributed by atoms with Gasteiger partial charge in [0.25, 0.3) is 5.60 Å². The van der Waals surface area contributed by atoms with Gasteiger partial charge in [0.2, 0.25) is 5.78 Å². The number of ketones is 1. The van der Waals surface area contributed by atoms with E-state index in [1.54, 1.807) is 0 Å². The molecule has 3 N–H and O–H groups in total. The molecule has 1 aliphatic heterocycles. The van der Waals surface area contributed by atoms with Crippen LogP contribution in [0.3, 0.4) is 0 Å². The van der Waals surface area contributed by atoms with Gasteiger partial charge >= 0.3 is 5.97 Å². The van der Waals surface area contributed by atoms with Gasteiger partial charge in [-0.25, -0.2) is 4.79 Å². The Morgan fingerprint density at radius 1 is 1.71 bits per heavy atom. The Kier molecular flexibility index (Phi) is 2.89. The van der Waals surface area contributed by atoms with E-state index in [9.17, 15) is 19.8 Å². The van der Waals surface area contributed by atoms with Crippen molar-refractivity contribution in [3.63, 3.8) is 0 Å². The molecule has 6 heteroatoms. The van der Waals surface area contributed by atoms with E-state index in [0.29, 0.717) is 0 Å². The number of rotatable bonds is 4. The van der Waals surface area contributed by atoms with Crippen molar-refractivity contribution >= 4 is 11.8 Å². The SMILES string of the molecule is CC1OC(=O)C1(O)C(=O)C(O)CCO. The van der Waals surface area contributed by atoms with Crippen LogP contribution < -0.4 is 0 Å². The van der Waals surface area contributed by atoms with Crippen LogP contribution in [0, 0.1) is 0 Å². The van der Waals surface area contributed by atoms with E-state index in [2.05, 4.69) is 4.74 Å². The topological polar surface area (TPSA) is 104 Å². The number of carbonyl (C=O) groups is 2. The van der Waals surface area contributed by atoms with Gasteiger partial charge in [0, 0.05) is 13.0 Å². The fourth-order valence-electron chi connectivity index (χ4n) is 1.25. The highest BCUT2D eigenvalue weighted by Crippen LogP contribution is 2.29. The van der Waals surface area contributed by atoms with Crippen molar-refractivity contribution in [2.24, 2.45) is 0 Å². The Labute approximate surface area is 80.1 Å². The first-order valence-corrected chi connectivity index (χ1v) is 4.21. The predicted molar refractivity (Wildman–Crippen MR) is 43.2 cm³/mol. The summed E-state index contributed by atoms with van der Waals surface area (Å²) < 4.78 is 4.42. The summed E-state index contributed by atoms with van der Waals surface area (Å²) in [5, 5.41) is 27.2. The van der Waals surface area contributed by atoms with Crippen LogP contribution in [0.15, 0.2) is 0 Å². The van der Waals surface area contributed by atoms with Gasteiger partial charge in [-0.05, 0) is 6.92 Å². The van der Waals surface area contributed by atoms with Crippen molar-refractivity contribution in [3.05, 3.63) is 0 Å². The molecule has 14 heavy (non-hydrogen) atoms. The summed E-state index contributed by atoms with van der Waals surface area (Å²) in [5.41, 5.74) is -2.24. The molecule has 0 aliphatic carbocycles. The lowest BCUT2D eigenvalue weighted by atomic mass is 9.84. The third-order valence-corrected chi connectivity index (χ3v) is 2.26. The molecule has 0 aromatic rings. The number of aliphatic hydroxyl groups is 3. The molecule has 1 aliphatic rings. The Hall–Kier alpha value is -0.980. The molecular formula is C8H12O6. The fraction of sp³-hybridized carbons (Fsp3) is 0.750. The van der Waals surface area contributed by atoms with E-state index in [1.165, 1.54) is 6.92 Å². The van der Waals surface area contributed by atoms with Crippen molar-refractivity contribution < 1.29 is 29.6 Å². The van der Waals surface area contributed by atoms with Gasteiger partial charge in [-0.3, -0.25) is 4.79 Å². The average Bonchev–Trinajstić information content (AvgIpc) is 2.16. The molecule has 0 aromatic heterocycles. The lowest BCUT2D eigenvalue weighted by molar-refractivity contribution is -0.225. The summed E-state index contributed by atoms with van der Waals surface area (Å²) in [6.07, 6.45) is -2.70. The van der Waals surface area contributed by atoms with Gasteiger partial charge in [-0.2, -0.15) is 0 Å². The van der Waals surface area contributed by atoms with Crippen molar-refractivity contribution in [2.75, 3.05) is 6.61 Å². The van der Waals surface area contributed by atoms with Crippen molar-refractivity contribution in [3.8, 4) is 0 Å². The molecule has 80 valence electrons. The number of cyclic esters (lactones) is 1. The summed E-state index contributed by atoms with van der Waals surface area (Å²) >= 11 is 0. The first-order chi connectivity index (χ1) is 6.44. The molecule has 0 amide bonds. The number of carbonyl (C=O) groups excluding carboxylic acids is 2. The average molecular weight is 204 g/mol. The van der Waals surface area contributed by atoms with Crippen molar-refractivity contribution in [2.45, 2.75) is 31.2 Å². The normalized spacial score (nSPS) is 33.1. The lowest BCUT2D eigenvalue weighted by Gasteiger charge is -2.40. The van der Waals surface area contributed by atoms with Crippen LogP contribution in [0.5, 0.6) is 0 Å². The lowest BCUT2D eigenvalue weighted by Crippen LogP contribution is -2.68. The van der Waals surface area contributed by atoms with E-state index < -0.39 is 36.2 Å². The van der Waals surface area contributed by atoms with Gasteiger partial charge in [0.15, 0.2) is 0 Å². The Morgan fingerprint density at radius 2 is 2.29 bits per heavy atom. The van der Waals surface area contributed by atoms with Crippen LogP contribution in [0.4, 0.5) is 0 Å². The quantitative estimate of drug-likeness (QED) is 0.360. The molecular weight excluding hydrogens is 192 g/mol. The highest BCUT2D eigenvalue weighted by atomic mass is 16.6. The third-order valence-electron chi connectivity index (χ3n) is 2.26. The maximum atomic E-state index is 11.3. The second-order valence-corrected chi connectivity index (χ2v) is 3.21. The molecule has 0 spiro atoms. The summed E-state index contributed by atoms with van der Waals surface area (Å²) in [5.74, 6) is -2.07. The van der Waals surface area contributed by atoms with Gasteiger partial charge in [-0.1, -0.05) is 0 Å². The van der Waals surface area contributed by atoms with Gasteiger partial charge in [0.1, 0.15) is 12.2 Å². The summed E-state index contributed by atoms with van der Waals surface area (Å²) in [6, 6.07) is 0. The molecule has 0 saturated carbocycles. The first-order valence-electron chi connectivity index (χ1n) is 4.21. The highest BCUT2D eigenvalue weighted by molar-refractivity contribution is 6.12. The van der Waals surface area contributed by atoms with E-state index in [1.807, 2.05) is 0 Å². The standard InChI is InChI=1S/C8H12O6/c1-4-8(13,7(12)14-4)6(11)5(10)2-3-9/h4-5,9-10,13H,2-3H2,1H3. The number of esters is 1. The van der Waals surface area contributed by atoms with E-state index in [0.717, 1.165) is 0 Å². The third kappa shape index (κ3) is 1.41. The van der Waals surface area contributed by atoms with Gasteiger partial charge < -0.3 is 20.1 Å².